The van der Waals surface area contributed by atoms with Gasteiger partial charge in [-0.3, -0.25) is 22.7 Å². The van der Waals surface area contributed by atoms with Crippen molar-refractivity contribution < 1.29 is 42.2 Å². The Balaban J connectivity index is 3.03. The van der Waals surface area contributed by atoms with Crippen LogP contribution in [-0.2, 0) is 27.5 Å². The summed E-state index contributed by atoms with van der Waals surface area (Å²) in [5.41, 5.74) is 0. The van der Waals surface area contributed by atoms with E-state index in [0.717, 1.165) is 6.92 Å². The van der Waals surface area contributed by atoms with Gasteiger partial charge in [0.25, 0.3) is 0 Å². The smallest absolute Gasteiger partial charge is 0.357 e. The number of hydrogen-bond donors (Lipinski definition) is 3. The van der Waals surface area contributed by atoms with Crippen LogP contribution in [0.3, 0.4) is 0 Å². The molecule has 9 nitrogen and oxygen atoms in total. The van der Waals surface area contributed by atoms with Crippen LogP contribution in [0.1, 0.15) is 20.3 Å². The molecular weight excluding hydrogens is 345 g/mol. The Labute approximate surface area is 123 Å². The minimum absolute atomic E-state index is 0.0296. The summed E-state index contributed by atoms with van der Waals surface area (Å²) < 4.78 is 50.5. The van der Waals surface area contributed by atoms with E-state index in [-0.39, 0.29) is 32.0 Å². The van der Waals surface area contributed by atoms with Gasteiger partial charge in [0, 0.05) is 0 Å². The van der Waals surface area contributed by atoms with Crippen molar-refractivity contribution in [2.24, 2.45) is 0 Å². The van der Waals surface area contributed by atoms with E-state index in [1.54, 1.807) is 0 Å². The van der Waals surface area contributed by atoms with Gasteiger partial charge in [0.15, 0.2) is 5.85 Å². The minimum atomic E-state index is -4.49. The van der Waals surface area contributed by atoms with Crippen molar-refractivity contribution in [1.29, 1.82) is 0 Å². The molecule has 0 aromatic carbocycles. The van der Waals surface area contributed by atoms with E-state index >= 15 is 0 Å². The lowest BCUT2D eigenvalue weighted by Crippen LogP contribution is -2.21. The summed E-state index contributed by atoms with van der Waals surface area (Å²) in [6.07, 6.45) is -0.622. The van der Waals surface area contributed by atoms with E-state index in [1.165, 1.54) is 6.92 Å². The molecule has 1 aliphatic rings. The molecule has 0 spiro atoms. The maximum atomic E-state index is 12.1. The molecule has 1 rings (SSSR count). The Morgan fingerprint density at radius 1 is 1.05 bits per heavy atom. The van der Waals surface area contributed by atoms with Crippen molar-refractivity contribution in [3.8, 4) is 0 Å². The van der Waals surface area contributed by atoms with Crippen molar-refractivity contribution in [3.05, 3.63) is 0 Å². The van der Waals surface area contributed by atoms with E-state index in [1.807, 2.05) is 0 Å². The predicted octanol–water partition coefficient (Wildman–Crippen LogP) is 1.77. The topological polar surface area (TPSA) is 140 Å². The molecule has 1 aliphatic heterocycles. The van der Waals surface area contributed by atoms with E-state index in [4.69, 9.17) is 13.8 Å². The highest BCUT2D eigenvalue weighted by atomic mass is 31.2. The van der Waals surface area contributed by atoms with Gasteiger partial charge in [0.05, 0.1) is 25.5 Å². The maximum Gasteiger partial charge on any atom is 0.357 e. The van der Waals surface area contributed by atoms with Crippen LogP contribution >= 0.6 is 22.6 Å². The van der Waals surface area contributed by atoms with Crippen molar-refractivity contribution in [2.75, 3.05) is 25.5 Å². The average Bonchev–Trinajstić information content (AvgIpc) is 2.33. The molecule has 5 unspecified atom stereocenters. The molecule has 21 heavy (non-hydrogen) atoms. The summed E-state index contributed by atoms with van der Waals surface area (Å²) in [5, 5.41) is 0. The van der Waals surface area contributed by atoms with Crippen LogP contribution < -0.4 is 0 Å². The second-order valence-electron chi connectivity index (χ2n) is 4.69. The van der Waals surface area contributed by atoms with Crippen molar-refractivity contribution in [2.45, 2.75) is 32.0 Å². The molecule has 1 fully saturated rings. The van der Waals surface area contributed by atoms with Gasteiger partial charge >= 0.3 is 15.2 Å². The Morgan fingerprint density at radius 2 is 1.62 bits per heavy atom. The van der Waals surface area contributed by atoms with Gasteiger partial charge in [-0.15, -0.1) is 0 Å². The van der Waals surface area contributed by atoms with Crippen LogP contribution in [0.4, 0.5) is 0 Å². The third-order valence-electron chi connectivity index (χ3n) is 2.92. The molecule has 126 valence electrons. The predicted molar refractivity (Wildman–Crippen MR) is 75.7 cm³/mol. The molecular formula is C9H21O9P3. The van der Waals surface area contributed by atoms with Crippen LogP contribution in [0, 0.1) is 0 Å². The first-order valence-corrected chi connectivity index (χ1v) is 11.7. The third-order valence-corrected chi connectivity index (χ3v) is 8.42. The van der Waals surface area contributed by atoms with Crippen LogP contribution in [-0.4, -0.2) is 51.9 Å². The first-order chi connectivity index (χ1) is 9.50. The van der Waals surface area contributed by atoms with Crippen molar-refractivity contribution >= 4 is 22.6 Å². The first-order valence-electron chi connectivity index (χ1n) is 6.40. The van der Waals surface area contributed by atoms with Crippen LogP contribution in [0.2, 0.25) is 0 Å². The zero-order chi connectivity index (χ0) is 16.3. The van der Waals surface area contributed by atoms with Crippen LogP contribution in [0.15, 0.2) is 0 Å². The molecule has 1 heterocycles. The summed E-state index contributed by atoms with van der Waals surface area (Å²) in [5.74, 6) is -2.96. The quantitative estimate of drug-likeness (QED) is 0.592. The van der Waals surface area contributed by atoms with E-state index < -0.39 is 34.3 Å². The summed E-state index contributed by atoms with van der Waals surface area (Å²) in [7, 11) is -12.4. The summed E-state index contributed by atoms with van der Waals surface area (Å²) in [6, 6.07) is 0. The van der Waals surface area contributed by atoms with E-state index in [0.29, 0.717) is 0 Å². The number of hydrogen-bond acceptors (Lipinski definition) is 6. The standard InChI is InChI=1S/C9H21O9P3/c1-3-9-18-21(14,15)8(2)17-20(12,13)7-5-16-4-6-19(9,10)11/h8-9H,3-7H2,1-2H3,(H,10,11)(H,12,13)(H,14,15). The molecule has 5 atom stereocenters. The fourth-order valence-corrected chi connectivity index (χ4v) is 6.44. The molecule has 0 amide bonds. The minimum Gasteiger partial charge on any atom is -0.380 e. The molecule has 12 heteroatoms. The Bertz CT molecular complexity index is 493. The monoisotopic (exact) mass is 366 g/mol. The van der Waals surface area contributed by atoms with Gasteiger partial charge in [0.1, 0.15) is 5.85 Å². The summed E-state index contributed by atoms with van der Waals surface area (Å²) >= 11 is 0. The van der Waals surface area contributed by atoms with Gasteiger partial charge in [0.2, 0.25) is 7.37 Å². The number of ether oxygens (including phenoxy) is 1. The lowest BCUT2D eigenvalue weighted by atomic mass is 10.5. The highest BCUT2D eigenvalue weighted by Gasteiger charge is 2.42. The largest absolute Gasteiger partial charge is 0.380 e. The fraction of sp³-hybridized carbons (Fsp3) is 1.00. The zero-order valence-electron chi connectivity index (χ0n) is 11.8. The summed E-state index contributed by atoms with van der Waals surface area (Å²) in [4.78, 5) is 29.3. The molecule has 1 saturated heterocycles. The molecule has 0 radical (unpaired) electrons. The van der Waals surface area contributed by atoms with E-state index in [9.17, 15) is 28.4 Å². The highest BCUT2D eigenvalue weighted by Crippen LogP contribution is 2.61. The van der Waals surface area contributed by atoms with Crippen molar-refractivity contribution in [3.63, 3.8) is 0 Å². The van der Waals surface area contributed by atoms with Gasteiger partial charge in [-0.1, -0.05) is 6.92 Å². The second-order valence-corrected chi connectivity index (χ2v) is 11.2. The normalized spacial score (nSPS) is 47.3. The molecule has 0 saturated carbocycles. The van der Waals surface area contributed by atoms with Gasteiger partial charge in [-0.05, 0) is 13.3 Å². The summed E-state index contributed by atoms with van der Waals surface area (Å²) in [6.45, 7) is 2.35. The molecule has 0 aromatic heterocycles. The molecule has 0 aromatic rings. The maximum absolute atomic E-state index is 12.1. The Kier molecular flexibility index (Phi) is 6.82. The average molecular weight is 366 g/mol. The lowest BCUT2D eigenvalue weighted by Gasteiger charge is -2.28. The fourth-order valence-electron chi connectivity index (χ4n) is 1.67. The molecule has 0 bridgehead atoms. The Hall–Kier alpha value is 0.450. The highest BCUT2D eigenvalue weighted by molar-refractivity contribution is 7.60. The SMILES string of the molecule is CCC1OP(=O)(O)C(C)OP(=O)(O)CCOCCP1(=O)O. The molecule has 0 aliphatic carbocycles. The van der Waals surface area contributed by atoms with Gasteiger partial charge < -0.3 is 19.4 Å². The van der Waals surface area contributed by atoms with E-state index in [2.05, 4.69) is 0 Å². The second kappa shape index (κ2) is 7.35. The Morgan fingerprint density at radius 3 is 2.19 bits per heavy atom. The molecule has 3 N–H and O–H groups in total. The van der Waals surface area contributed by atoms with Gasteiger partial charge in [-0.2, -0.15) is 0 Å². The third kappa shape index (κ3) is 5.87. The zero-order valence-corrected chi connectivity index (χ0v) is 14.5. The van der Waals surface area contributed by atoms with Crippen LogP contribution in [0.5, 0.6) is 0 Å². The lowest BCUT2D eigenvalue weighted by molar-refractivity contribution is 0.135. The van der Waals surface area contributed by atoms with Gasteiger partial charge in [-0.25, -0.2) is 0 Å². The van der Waals surface area contributed by atoms with Crippen LogP contribution in [0.25, 0.3) is 0 Å². The van der Waals surface area contributed by atoms with Crippen molar-refractivity contribution in [1.82, 2.24) is 0 Å². The first kappa shape index (κ1) is 19.5. The number of rotatable bonds is 1.